The molecule has 0 amide bonds. The van der Waals surface area contributed by atoms with Crippen LogP contribution in [0.15, 0.2) is 24.4 Å². The second kappa shape index (κ2) is 5.81. The average molecular weight is 396 g/mol. The van der Waals surface area contributed by atoms with Crippen molar-refractivity contribution in [2.24, 2.45) is 0 Å². The number of nitro groups is 1. The lowest BCUT2D eigenvalue weighted by Crippen LogP contribution is -2.01. The van der Waals surface area contributed by atoms with Crippen LogP contribution < -0.4 is 5.32 Å². The molecule has 0 fully saturated rings. The molecule has 0 spiro atoms. The van der Waals surface area contributed by atoms with E-state index in [0.717, 1.165) is 8.45 Å². The number of hydrogen-bond donors (Lipinski definition) is 1. The standard InChI is InChI=1S/C10H7ClIN3O2S/c11-10-14-5-7(18-10)4-13-8-2-1-6(12)3-9(8)15(16)17/h1-3,5,13H,4H2. The maximum atomic E-state index is 10.9. The zero-order chi connectivity index (χ0) is 13.1. The Kier molecular flexibility index (Phi) is 4.36. The maximum Gasteiger partial charge on any atom is 0.293 e. The number of rotatable bonds is 4. The van der Waals surface area contributed by atoms with Crippen molar-refractivity contribution in [1.29, 1.82) is 0 Å². The van der Waals surface area contributed by atoms with Crippen LogP contribution >= 0.6 is 45.5 Å². The first kappa shape index (κ1) is 13.5. The molecule has 2 aromatic rings. The van der Waals surface area contributed by atoms with E-state index in [1.54, 1.807) is 12.3 Å². The largest absolute Gasteiger partial charge is 0.375 e. The molecule has 94 valence electrons. The van der Waals surface area contributed by atoms with Gasteiger partial charge in [0.15, 0.2) is 4.47 Å². The van der Waals surface area contributed by atoms with Crippen molar-refractivity contribution in [3.05, 3.63) is 47.4 Å². The second-order valence-electron chi connectivity index (χ2n) is 3.35. The predicted octanol–water partition coefficient (Wildman–Crippen LogP) is 3.92. The molecular weight excluding hydrogens is 389 g/mol. The highest BCUT2D eigenvalue weighted by Crippen LogP contribution is 2.27. The lowest BCUT2D eigenvalue weighted by molar-refractivity contribution is -0.384. The molecule has 0 radical (unpaired) electrons. The molecule has 0 atom stereocenters. The van der Waals surface area contributed by atoms with Crippen LogP contribution in [0.2, 0.25) is 4.47 Å². The topological polar surface area (TPSA) is 68.1 Å². The molecule has 1 aromatic heterocycles. The molecule has 0 unspecified atom stereocenters. The highest BCUT2D eigenvalue weighted by Gasteiger charge is 2.14. The lowest BCUT2D eigenvalue weighted by atomic mass is 10.2. The van der Waals surface area contributed by atoms with Crippen molar-refractivity contribution in [3.63, 3.8) is 0 Å². The summed E-state index contributed by atoms with van der Waals surface area (Å²) in [7, 11) is 0. The Bertz CT molecular complexity index is 590. The minimum absolute atomic E-state index is 0.0671. The van der Waals surface area contributed by atoms with Gasteiger partial charge in [-0.25, -0.2) is 4.98 Å². The summed E-state index contributed by atoms with van der Waals surface area (Å²) in [6, 6.07) is 5.04. The molecule has 1 aromatic carbocycles. The van der Waals surface area contributed by atoms with Crippen LogP contribution in [0.5, 0.6) is 0 Å². The van der Waals surface area contributed by atoms with Crippen molar-refractivity contribution in [2.75, 3.05) is 5.32 Å². The summed E-state index contributed by atoms with van der Waals surface area (Å²) in [4.78, 5) is 15.4. The number of thiazole rings is 1. The van der Waals surface area contributed by atoms with E-state index in [0.29, 0.717) is 16.7 Å². The molecule has 0 saturated heterocycles. The molecule has 1 N–H and O–H groups in total. The molecule has 0 saturated carbocycles. The van der Waals surface area contributed by atoms with Crippen LogP contribution in [0.3, 0.4) is 0 Å². The van der Waals surface area contributed by atoms with Crippen LogP contribution in [-0.2, 0) is 6.54 Å². The number of nitrogens with zero attached hydrogens (tertiary/aromatic N) is 2. The Morgan fingerprint density at radius 3 is 2.94 bits per heavy atom. The van der Waals surface area contributed by atoms with Gasteiger partial charge in [-0.15, -0.1) is 11.3 Å². The number of nitrogens with one attached hydrogen (secondary N) is 1. The summed E-state index contributed by atoms with van der Waals surface area (Å²) >= 11 is 9.10. The van der Waals surface area contributed by atoms with Gasteiger partial charge in [0.2, 0.25) is 0 Å². The van der Waals surface area contributed by atoms with Crippen molar-refractivity contribution >= 4 is 56.9 Å². The van der Waals surface area contributed by atoms with Gasteiger partial charge in [0.05, 0.1) is 11.5 Å². The van der Waals surface area contributed by atoms with Crippen LogP contribution in [0, 0.1) is 13.7 Å². The van der Waals surface area contributed by atoms with Crippen LogP contribution in [0.4, 0.5) is 11.4 Å². The lowest BCUT2D eigenvalue weighted by Gasteiger charge is -2.05. The molecule has 0 aliphatic carbocycles. The third-order valence-corrected chi connectivity index (χ3v) is 3.92. The normalized spacial score (nSPS) is 10.3. The fourth-order valence-electron chi connectivity index (χ4n) is 1.35. The van der Waals surface area contributed by atoms with Crippen molar-refractivity contribution in [2.45, 2.75) is 6.54 Å². The molecule has 18 heavy (non-hydrogen) atoms. The van der Waals surface area contributed by atoms with Gasteiger partial charge < -0.3 is 5.32 Å². The van der Waals surface area contributed by atoms with Gasteiger partial charge in [0.1, 0.15) is 5.69 Å². The van der Waals surface area contributed by atoms with E-state index in [9.17, 15) is 10.1 Å². The Hall–Kier alpha value is -0.930. The smallest absolute Gasteiger partial charge is 0.293 e. The van der Waals surface area contributed by atoms with E-state index >= 15 is 0 Å². The van der Waals surface area contributed by atoms with E-state index in [-0.39, 0.29) is 5.69 Å². The Morgan fingerprint density at radius 1 is 1.56 bits per heavy atom. The number of anilines is 1. The molecule has 2 rings (SSSR count). The fourth-order valence-corrected chi connectivity index (χ4v) is 2.75. The van der Waals surface area contributed by atoms with Gasteiger partial charge in [-0.05, 0) is 34.7 Å². The SMILES string of the molecule is O=[N+]([O-])c1cc(I)ccc1NCc1cnc(Cl)s1. The summed E-state index contributed by atoms with van der Waals surface area (Å²) in [5.41, 5.74) is 0.558. The Labute approximate surface area is 125 Å². The first-order valence-corrected chi connectivity index (χ1v) is 7.11. The molecule has 0 aliphatic rings. The second-order valence-corrected chi connectivity index (χ2v) is 6.29. The zero-order valence-electron chi connectivity index (χ0n) is 8.89. The fraction of sp³-hybridized carbons (Fsp3) is 0.100. The van der Waals surface area contributed by atoms with Crippen molar-refractivity contribution in [3.8, 4) is 0 Å². The maximum absolute atomic E-state index is 10.9. The van der Waals surface area contributed by atoms with Gasteiger partial charge in [0.25, 0.3) is 5.69 Å². The van der Waals surface area contributed by atoms with Crippen LogP contribution in [-0.4, -0.2) is 9.91 Å². The third-order valence-electron chi connectivity index (χ3n) is 2.13. The van der Waals surface area contributed by atoms with Gasteiger partial charge in [-0.2, -0.15) is 0 Å². The summed E-state index contributed by atoms with van der Waals surface area (Å²) in [6.45, 7) is 0.464. The first-order valence-electron chi connectivity index (χ1n) is 4.84. The number of aromatic nitrogens is 1. The highest BCUT2D eigenvalue weighted by molar-refractivity contribution is 14.1. The van der Waals surface area contributed by atoms with Gasteiger partial charge in [0, 0.05) is 20.7 Å². The van der Waals surface area contributed by atoms with E-state index in [4.69, 9.17) is 11.6 Å². The minimum atomic E-state index is -0.399. The Balaban J connectivity index is 2.16. The van der Waals surface area contributed by atoms with Gasteiger partial charge in [-0.1, -0.05) is 11.6 Å². The summed E-state index contributed by atoms with van der Waals surface area (Å²) in [5, 5.41) is 13.9. The Morgan fingerprint density at radius 2 is 2.33 bits per heavy atom. The molecular formula is C10H7ClIN3O2S. The number of benzene rings is 1. The van der Waals surface area contributed by atoms with E-state index in [1.807, 2.05) is 28.7 Å². The van der Waals surface area contributed by atoms with Crippen molar-refractivity contribution in [1.82, 2.24) is 4.98 Å². The number of nitro benzene ring substituents is 1. The predicted molar refractivity (Wildman–Crippen MR) is 80.3 cm³/mol. The first-order chi connectivity index (χ1) is 8.56. The quantitative estimate of drug-likeness (QED) is 0.484. The average Bonchev–Trinajstić information content (AvgIpc) is 2.73. The summed E-state index contributed by atoms with van der Waals surface area (Å²) < 4.78 is 1.29. The number of halogens is 2. The third kappa shape index (κ3) is 3.30. The molecule has 1 heterocycles. The minimum Gasteiger partial charge on any atom is -0.375 e. The van der Waals surface area contributed by atoms with Crippen molar-refractivity contribution < 1.29 is 4.92 Å². The highest BCUT2D eigenvalue weighted by atomic mass is 127. The molecule has 0 aliphatic heterocycles. The monoisotopic (exact) mass is 395 g/mol. The van der Waals surface area contributed by atoms with Gasteiger partial charge in [-0.3, -0.25) is 10.1 Å². The summed E-state index contributed by atoms with van der Waals surface area (Å²) in [6.07, 6.45) is 1.65. The molecule has 5 nitrogen and oxygen atoms in total. The molecule has 0 bridgehead atoms. The molecule has 8 heteroatoms. The van der Waals surface area contributed by atoms with E-state index in [1.165, 1.54) is 17.4 Å². The van der Waals surface area contributed by atoms with Crippen LogP contribution in [0.25, 0.3) is 0 Å². The van der Waals surface area contributed by atoms with Gasteiger partial charge >= 0.3 is 0 Å². The van der Waals surface area contributed by atoms with Crippen LogP contribution in [0.1, 0.15) is 4.88 Å². The van der Waals surface area contributed by atoms with E-state index in [2.05, 4.69) is 10.3 Å². The summed E-state index contributed by atoms with van der Waals surface area (Å²) in [5.74, 6) is 0. The van der Waals surface area contributed by atoms with E-state index < -0.39 is 4.92 Å². The number of hydrogen-bond acceptors (Lipinski definition) is 5. The zero-order valence-corrected chi connectivity index (χ0v) is 12.6.